The lowest BCUT2D eigenvalue weighted by molar-refractivity contribution is -0.116. The van der Waals surface area contributed by atoms with Crippen LogP contribution in [0.15, 0.2) is 36.4 Å². The number of carbonyl (C=O) groups excluding carboxylic acids is 1. The minimum absolute atomic E-state index is 0.204. The molecule has 5 heteroatoms. The van der Waals surface area contributed by atoms with E-state index in [1.165, 1.54) is 12.1 Å². The van der Waals surface area contributed by atoms with E-state index in [0.717, 1.165) is 16.8 Å². The molecule has 1 atom stereocenters. The van der Waals surface area contributed by atoms with Gasteiger partial charge in [-0.25, -0.2) is 4.39 Å². The number of halogens is 2. The van der Waals surface area contributed by atoms with Gasteiger partial charge in [-0.15, -0.1) is 0 Å². The van der Waals surface area contributed by atoms with Crippen molar-refractivity contribution in [2.75, 3.05) is 10.6 Å². The molecule has 2 aromatic rings. The first-order valence-corrected chi connectivity index (χ1v) is 6.55. The molecule has 0 aromatic heterocycles. The lowest BCUT2D eigenvalue weighted by Gasteiger charge is -2.15. The number of fused-ring (bicyclic) bond motifs is 1. The third-order valence-electron chi connectivity index (χ3n) is 3.35. The van der Waals surface area contributed by atoms with Gasteiger partial charge < -0.3 is 10.6 Å². The monoisotopic (exact) mass is 290 g/mol. The van der Waals surface area contributed by atoms with Gasteiger partial charge >= 0.3 is 0 Å². The Morgan fingerprint density at radius 1 is 1.25 bits per heavy atom. The number of amides is 1. The maximum Gasteiger partial charge on any atom is 0.251 e. The second-order valence-electron chi connectivity index (χ2n) is 4.76. The topological polar surface area (TPSA) is 41.1 Å². The molecule has 2 N–H and O–H groups in total. The highest BCUT2D eigenvalue weighted by Crippen LogP contribution is 2.34. The van der Waals surface area contributed by atoms with Gasteiger partial charge in [0.05, 0.1) is 0 Å². The highest BCUT2D eigenvalue weighted by atomic mass is 35.5. The summed E-state index contributed by atoms with van der Waals surface area (Å²) in [4.78, 5) is 12.0. The Hall–Kier alpha value is -2.07. The first-order chi connectivity index (χ1) is 9.54. The largest absolute Gasteiger partial charge is 0.370 e. The van der Waals surface area contributed by atoms with Gasteiger partial charge in [0.15, 0.2) is 0 Å². The van der Waals surface area contributed by atoms with Crippen molar-refractivity contribution < 1.29 is 9.18 Å². The van der Waals surface area contributed by atoms with Crippen molar-refractivity contribution in [3.05, 3.63) is 58.4 Å². The number of anilines is 2. The molecular weight excluding hydrogens is 279 g/mol. The zero-order chi connectivity index (χ0) is 14.3. The molecule has 1 amide bonds. The maximum atomic E-state index is 13.2. The fraction of sp³-hybridized carbons (Fsp3) is 0.133. The van der Waals surface area contributed by atoms with E-state index in [-0.39, 0.29) is 11.7 Å². The molecule has 3 rings (SSSR count). The molecule has 1 aliphatic rings. The first kappa shape index (κ1) is 12.9. The van der Waals surface area contributed by atoms with Crippen LogP contribution in [0.5, 0.6) is 0 Å². The summed E-state index contributed by atoms with van der Waals surface area (Å²) < 4.78 is 13.2. The summed E-state index contributed by atoms with van der Waals surface area (Å²) in [6.45, 7) is 1.93. The molecule has 0 spiro atoms. The lowest BCUT2D eigenvalue weighted by atomic mass is 10.1. The van der Waals surface area contributed by atoms with Crippen LogP contribution in [0.1, 0.15) is 17.2 Å². The van der Waals surface area contributed by atoms with E-state index >= 15 is 0 Å². The smallest absolute Gasteiger partial charge is 0.251 e. The van der Waals surface area contributed by atoms with E-state index in [1.54, 1.807) is 18.2 Å². The van der Waals surface area contributed by atoms with E-state index in [1.807, 2.05) is 13.0 Å². The predicted octanol–water partition coefficient (Wildman–Crippen LogP) is 3.89. The molecule has 102 valence electrons. The minimum Gasteiger partial charge on any atom is -0.370 e. The van der Waals surface area contributed by atoms with E-state index in [9.17, 15) is 9.18 Å². The summed E-state index contributed by atoms with van der Waals surface area (Å²) in [5, 5.41) is 6.42. The third kappa shape index (κ3) is 2.23. The number of benzene rings is 2. The van der Waals surface area contributed by atoms with Gasteiger partial charge in [0.2, 0.25) is 0 Å². The number of nitrogens with one attached hydrogen (secondary N) is 2. The zero-order valence-electron chi connectivity index (χ0n) is 10.7. The molecule has 20 heavy (non-hydrogen) atoms. The van der Waals surface area contributed by atoms with Crippen molar-refractivity contribution in [2.45, 2.75) is 13.0 Å². The molecule has 0 saturated heterocycles. The van der Waals surface area contributed by atoms with E-state index in [2.05, 4.69) is 10.6 Å². The average molecular weight is 291 g/mol. The van der Waals surface area contributed by atoms with Crippen molar-refractivity contribution in [1.82, 2.24) is 0 Å². The van der Waals surface area contributed by atoms with Crippen LogP contribution in [-0.4, -0.2) is 5.91 Å². The molecule has 1 heterocycles. The fourth-order valence-electron chi connectivity index (χ4n) is 2.28. The molecule has 1 aliphatic heterocycles. The van der Waals surface area contributed by atoms with Gasteiger partial charge in [0.25, 0.3) is 5.91 Å². The molecule has 2 aromatic carbocycles. The lowest BCUT2D eigenvalue weighted by Crippen LogP contribution is -2.20. The fourth-order valence-corrected chi connectivity index (χ4v) is 2.46. The van der Waals surface area contributed by atoms with E-state index in [4.69, 9.17) is 11.6 Å². The minimum atomic E-state index is -0.539. The molecule has 0 saturated carbocycles. The maximum absolute atomic E-state index is 13.2. The van der Waals surface area contributed by atoms with E-state index < -0.39 is 6.04 Å². The van der Waals surface area contributed by atoms with Crippen LogP contribution in [0, 0.1) is 12.7 Å². The zero-order valence-corrected chi connectivity index (χ0v) is 11.5. The average Bonchev–Trinajstić information content (AvgIpc) is 2.69. The van der Waals surface area contributed by atoms with Crippen LogP contribution in [0.3, 0.4) is 0 Å². The van der Waals surface area contributed by atoms with Crippen LogP contribution >= 0.6 is 11.6 Å². The SMILES string of the molecule is Cc1ccc(Cl)cc1NC1C(=O)Nc2cc(F)ccc21. The van der Waals surface area contributed by atoms with Gasteiger partial charge in [-0.3, -0.25) is 4.79 Å². The Labute approximate surface area is 120 Å². The van der Waals surface area contributed by atoms with Gasteiger partial charge in [0, 0.05) is 22.0 Å². The van der Waals surface area contributed by atoms with Crippen molar-refractivity contribution >= 4 is 28.9 Å². The summed E-state index contributed by atoms with van der Waals surface area (Å²) in [6, 6.07) is 9.18. The normalized spacial score (nSPS) is 16.8. The number of aryl methyl sites for hydroxylation is 1. The van der Waals surface area contributed by atoms with Crippen LogP contribution in [0.2, 0.25) is 5.02 Å². The Kier molecular flexibility index (Phi) is 3.10. The van der Waals surface area contributed by atoms with E-state index in [0.29, 0.717) is 10.7 Å². The van der Waals surface area contributed by atoms with Crippen LogP contribution in [0.4, 0.5) is 15.8 Å². The van der Waals surface area contributed by atoms with Crippen LogP contribution < -0.4 is 10.6 Å². The Bertz CT molecular complexity index is 702. The van der Waals surface area contributed by atoms with Gasteiger partial charge in [-0.1, -0.05) is 23.7 Å². The van der Waals surface area contributed by atoms with Crippen molar-refractivity contribution in [1.29, 1.82) is 0 Å². The number of hydrogen-bond acceptors (Lipinski definition) is 2. The summed E-state index contributed by atoms with van der Waals surface area (Å²) >= 11 is 5.97. The molecule has 0 fully saturated rings. The predicted molar refractivity (Wildman–Crippen MR) is 77.6 cm³/mol. The Morgan fingerprint density at radius 3 is 2.85 bits per heavy atom. The van der Waals surface area contributed by atoms with Crippen molar-refractivity contribution in [2.24, 2.45) is 0 Å². The number of carbonyl (C=O) groups is 1. The van der Waals surface area contributed by atoms with Crippen molar-refractivity contribution in [3.8, 4) is 0 Å². The standard InChI is InChI=1S/C15H12ClFN2O/c1-8-2-3-9(16)6-12(8)18-14-11-5-4-10(17)7-13(11)19-15(14)20/h2-7,14,18H,1H3,(H,19,20). The second kappa shape index (κ2) is 4.80. The summed E-state index contributed by atoms with van der Waals surface area (Å²) in [5.41, 5.74) is 3.01. The molecular formula is C15H12ClFN2O. The van der Waals surface area contributed by atoms with Crippen LogP contribution in [-0.2, 0) is 4.79 Å². The highest BCUT2D eigenvalue weighted by Gasteiger charge is 2.30. The Morgan fingerprint density at radius 2 is 2.05 bits per heavy atom. The van der Waals surface area contributed by atoms with Crippen LogP contribution in [0.25, 0.3) is 0 Å². The number of hydrogen-bond donors (Lipinski definition) is 2. The molecule has 3 nitrogen and oxygen atoms in total. The third-order valence-corrected chi connectivity index (χ3v) is 3.58. The molecule has 1 unspecified atom stereocenters. The number of rotatable bonds is 2. The quantitative estimate of drug-likeness (QED) is 0.881. The van der Waals surface area contributed by atoms with Gasteiger partial charge in [0.1, 0.15) is 11.9 Å². The molecule has 0 aliphatic carbocycles. The Balaban J connectivity index is 1.96. The van der Waals surface area contributed by atoms with Gasteiger partial charge in [-0.2, -0.15) is 0 Å². The molecule has 0 radical (unpaired) electrons. The second-order valence-corrected chi connectivity index (χ2v) is 5.19. The molecule has 0 bridgehead atoms. The van der Waals surface area contributed by atoms with Gasteiger partial charge in [-0.05, 0) is 36.8 Å². The van der Waals surface area contributed by atoms with Crippen molar-refractivity contribution in [3.63, 3.8) is 0 Å². The highest BCUT2D eigenvalue weighted by molar-refractivity contribution is 6.30. The first-order valence-electron chi connectivity index (χ1n) is 6.17. The summed E-state index contributed by atoms with van der Waals surface area (Å²) in [7, 11) is 0. The summed E-state index contributed by atoms with van der Waals surface area (Å²) in [5.74, 6) is -0.575. The summed E-state index contributed by atoms with van der Waals surface area (Å²) in [6.07, 6.45) is 0.